The molecular weight excluding hydrogens is 1020 g/mol. The quantitative estimate of drug-likeness (QED) is 0.00951. The van der Waals surface area contributed by atoms with E-state index in [0.29, 0.717) is 25.7 Å². The zero-order chi connectivity index (χ0) is 54.3. The van der Waals surface area contributed by atoms with Gasteiger partial charge in [0.05, 0.1) is 45.7 Å². The van der Waals surface area contributed by atoms with Crippen molar-refractivity contribution in [2.24, 2.45) is 5.73 Å². The van der Waals surface area contributed by atoms with E-state index >= 15 is 0 Å². The van der Waals surface area contributed by atoms with Crippen LogP contribution >= 0.6 is 68.4 Å². The van der Waals surface area contributed by atoms with Crippen LogP contribution < -0.4 is 27.0 Å². The molecule has 2 unspecified atom stereocenters. The Morgan fingerprint density at radius 3 is 1.37 bits per heavy atom. The third kappa shape index (κ3) is 75.3. The third-order valence-corrected chi connectivity index (χ3v) is 12.1. The molecule has 0 radical (unpaired) electrons. The molecule has 8 N–H and O–H groups in total. The Morgan fingerprint density at radius 2 is 0.971 bits per heavy atom. The summed E-state index contributed by atoms with van der Waals surface area (Å²) in [7, 11) is 7.03. The van der Waals surface area contributed by atoms with Crippen LogP contribution in [-0.4, -0.2) is 167 Å². The molecule has 0 aliphatic carbocycles. The minimum absolute atomic E-state index is 0.0373. The number of nitrogens with one attached hydrogen (secondary N) is 4. The standard InChI is InChI=1S/C37H67N5O13.C2H6S3.C2H6S2.2C2H6.CH4S/c38-30(27-43)13-11-12-18-39-34(46)28-54-25-24-53-22-20-41-35(47)29-55-26-23-52-21-19-40-32(44)17-16-31(37(50)51)42-33(45)14-9-7-5-3-1-2-4-6-8-10-15-36(48)49;1-4-5-2-3;1-3-4-2;3*1-2/h27,30-31H,1-26,28-29,38H2,(H,39,46)(H,40,44)(H,41,47)(H,42,45)(H,48,49)(H,50,51);3H,2H2,1H3;1-2H3;2*1-2H3;2H,1H3. The fourth-order valence-electron chi connectivity index (χ4n) is 5.11. The largest absolute Gasteiger partial charge is 0.481 e. The smallest absolute Gasteiger partial charge is 0.326 e. The molecular formula is C46H95N5O13S6. The normalized spacial score (nSPS) is 10.7. The number of hydrogen-bond acceptors (Lipinski definition) is 18. The zero-order valence-electron chi connectivity index (χ0n) is 43.7. The molecule has 0 heterocycles. The van der Waals surface area contributed by atoms with Crippen molar-refractivity contribution in [1.29, 1.82) is 0 Å². The minimum atomic E-state index is -1.20. The summed E-state index contributed by atoms with van der Waals surface area (Å²) in [4.78, 5) is 80.5. The maximum atomic E-state index is 12.2. The van der Waals surface area contributed by atoms with Crippen molar-refractivity contribution in [3.8, 4) is 0 Å². The Labute approximate surface area is 449 Å². The summed E-state index contributed by atoms with van der Waals surface area (Å²) in [6.45, 7) is 10.0. The zero-order valence-corrected chi connectivity index (χ0v) is 48.8. The molecule has 0 spiro atoms. The van der Waals surface area contributed by atoms with Crippen molar-refractivity contribution in [3.05, 3.63) is 0 Å². The van der Waals surface area contributed by atoms with Crippen LogP contribution in [0.15, 0.2) is 0 Å². The van der Waals surface area contributed by atoms with Crippen molar-refractivity contribution in [3.63, 3.8) is 0 Å². The van der Waals surface area contributed by atoms with Crippen LogP contribution in [0.1, 0.15) is 137 Å². The molecule has 0 rings (SSSR count). The van der Waals surface area contributed by atoms with Crippen LogP contribution in [0.3, 0.4) is 0 Å². The maximum absolute atomic E-state index is 12.2. The first-order valence-electron chi connectivity index (χ1n) is 24.2. The second-order valence-corrected chi connectivity index (χ2v) is 19.8. The first-order valence-corrected chi connectivity index (χ1v) is 31.4. The van der Waals surface area contributed by atoms with E-state index in [0.717, 1.165) is 75.7 Å². The molecule has 0 aromatic heterocycles. The number of rotatable bonds is 43. The fourth-order valence-corrected chi connectivity index (χ4v) is 6.48. The molecule has 0 saturated heterocycles. The van der Waals surface area contributed by atoms with Gasteiger partial charge in [0.1, 0.15) is 25.5 Å². The number of carbonyl (C=O) groups is 7. The summed E-state index contributed by atoms with van der Waals surface area (Å²) in [6.07, 6.45) is 20.6. The third-order valence-electron chi connectivity index (χ3n) is 8.48. The molecule has 18 nitrogen and oxygen atoms in total. The van der Waals surface area contributed by atoms with Crippen LogP contribution in [0.5, 0.6) is 0 Å². The number of carboxylic acid groups (broad SMARTS) is 2. The lowest BCUT2D eigenvalue weighted by Gasteiger charge is -2.14. The van der Waals surface area contributed by atoms with Gasteiger partial charge in [0.15, 0.2) is 0 Å². The lowest BCUT2D eigenvalue weighted by molar-refractivity contribution is -0.142. The molecule has 0 aromatic carbocycles. The number of aliphatic carboxylic acids is 2. The number of carboxylic acids is 2. The van der Waals surface area contributed by atoms with E-state index in [4.69, 9.17) is 29.8 Å². The highest BCUT2D eigenvalue weighted by atomic mass is 33.1. The average molecular weight is 1120 g/mol. The van der Waals surface area contributed by atoms with Gasteiger partial charge in [-0.3, -0.25) is 24.0 Å². The second-order valence-electron chi connectivity index (χ2n) is 13.8. The van der Waals surface area contributed by atoms with Gasteiger partial charge in [0, 0.05) is 44.0 Å². The Hall–Kier alpha value is -1.61. The molecule has 418 valence electrons. The predicted octanol–water partition coefficient (Wildman–Crippen LogP) is 7.32. The van der Waals surface area contributed by atoms with Crippen LogP contribution in [-0.2, 0) is 52.5 Å². The number of thiol groups is 2. The van der Waals surface area contributed by atoms with Gasteiger partial charge in [-0.1, -0.05) is 122 Å². The second kappa shape index (κ2) is 71.6. The van der Waals surface area contributed by atoms with Gasteiger partial charge in [0.25, 0.3) is 0 Å². The molecule has 4 amide bonds. The maximum Gasteiger partial charge on any atom is 0.326 e. The number of aldehydes is 1. The SMILES string of the molecule is CC.CC.CS.CSSC.CSSCS.NC(C=O)CCCCNC(=O)COCCOCCNC(=O)COCCOCCNC(=O)CCC(NC(=O)CCCCCCCCCCCCC(=O)O)C(=O)O. The molecule has 0 bridgehead atoms. The van der Waals surface area contributed by atoms with E-state index in [1.54, 1.807) is 49.4 Å². The molecule has 0 fully saturated rings. The number of amides is 4. The van der Waals surface area contributed by atoms with Gasteiger partial charge < -0.3 is 61.0 Å². The lowest BCUT2D eigenvalue weighted by atomic mass is 10.0. The Bertz CT molecular complexity index is 1180. The van der Waals surface area contributed by atoms with E-state index in [9.17, 15) is 38.7 Å². The van der Waals surface area contributed by atoms with Gasteiger partial charge in [0.2, 0.25) is 23.6 Å². The highest BCUT2D eigenvalue weighted by molar-refractivity contribution is 8.77. The summed E-state index contributed by atoms with van der Waals surface area (Å²) in [5, 5.41) is 29.5. The van der Waals surface area contributed by atoms with Gasteiger partial charge in [-0.2, -0.15) is 25.3 Å². The van der Waals surface area contributed by atoms with Crippen molar-refractivity contribution in [1.82, 2.24) is 21.3 Å². The first-order chi connectivity index (χ1) is 33.9. The lowest BCUT2D eigenvalue weighted by Crippen LogP contribution is -2.41. The minimum Gasteiger partial charge on any atom is -0.481 e. The monoisotopic (exact) mass is 1120 g/mol. The summed E-state index contributed by atoms with van der Waals surface area (Å²) in [6, 6.07) is -1.61. The van der Waals surface area contributed by atoms with Gasteiger partial charge >= 0.3 is 11.9 Å². The van der Waals surface area contributed by atoms with E-state index in [1.807, 2.05) is 34.0 Å². The van der Waals surface area contributed by atoms with Gasteiger partial charge in [-0.15, -0.1) is 0 Å². The van der Waals surface area contributed by atoms with Gasteiger partial charge in [-0.05, 0) is 63.5 Å². The Balaban J connectivity index is -0.000000600. The van der Waals surface area contributed by atoms with E-state index in [-0.39, 0.29) is 115 Å². The number of unbranched alkanes of at least 4 members (excludes halogenated alkanes) is 10. The van der Waals surface area contributed by atoms with Crippen molar-refractivity contribution in [2.75, 3.05) is 103 Å². The summed E-state index contributed by atoms with van der Waals surface area (Å²) >= 11 is 7.47. The Kier molecular flexibility index (Phi) is 81.7. The van der Waals surface area contributed by atoms with Crippen LogP contribution in [0.2, 0.25) is 0 Å². The highest BCUT2D eigenvalue weighted by Gasteiger charge is 2.20. The van der Waals surface area contributed by atoms with Crippen molar-refractivity contribution < 1.29 is 62.7 Å². The van der Waals surface area contributed by atoms with Crippen LogP contribution in [0, 0.1) is 0 Å². The molecule has 0 saturated carbocycles. The van der Waals surface area contributed by atoms with Gasteiger partial charge in [-0.25, -0.2) is 4.79 Å². The molecule has 2 atom stereocenters. The van der Waals surface area contributed by atoms with E-state index in [2.05, 4.69) is 59.0 Å². The highest BCUT2D eigenvalue weighted by Crippen LogP contribution is 2.16. The van der Waals surface area contributed by atoms with Crippen LogP contribution in [0.25, 0.3) is 0 Å². The van der Waals surface area contributed by atoms with Crippen molar-refractivity contribution in [2.45, 2.75) is 149 Å². The fraction of sp³-hybridized carbons (Fsp3) is 0.848. The molecule has 0 aliphatic heterocycles. The average Bonchev–Trinajstić information content (AvgIpc) is 3.36. The number of ether oxygens (including phenoxy) is 4. The van der Waals surface area contributed by atoms with E-state index in [1.165, 1.54) is 0 Å². The topological polar surface area (TPSA) is 271 Å². The molecule has 70 heavy (non-hydrogen) atoms. The summed E-state index contributed by atoms with van der Waals surface area (Å²) in [5.41, 5.74) is 5.50. The van der Waals surface area contributed by atoms with Crippen molar-refractivity contribution >= 4 is 110 Å². The number of hydrogen-bond donors (Lipinski definition) is 9. The number of nitrogens with two attached hydrogens (primary N) is 1. The predicted molar refractivity (Wildman–Crippen MR) is 302 cm³/mol. The molecule has 0 aromatic rings. The van der Waals surface area contributed by atoms with E-state index < -0.39 is 24.0 Å². The first kappa shape index (κ1) is 79.8. The Morgan fingerprint density at radius 1 is 0.543 bits per heavy atom. The molecule has 24 heteroatoms. The summed E-state index contributed by atoms with van der Waals surface area (Å²) < 4.78 is 21.2. The number of carbonyl (C=O) groups excluding carboxylic acids is 5. The summed E-state index contributed by atoms with van der Waals surface area (Å²) in [5.74, 6) is -3.22. The molecule has 0 aliphatic rings. The van der Waals surface area contributed by atoms with Crippen LogP contribution in [0.4, 0.5) is 0 Å².